The molecule has 0 aliphatic carbocycles. The van der Waals surface area contributed by atoms with E-state index in [-0.39, 0.29) is 0 Å². The van der Waals surface area contributed by atoms with Crippen molar-refractivity contribution in [3.05, 3.63) is 58.6 Å². The van der Waals surface area contributed by atoms with Crippen LogP contribution < -0.4 is 5.73 Å². The molecule has 0 unspecified atom stereocenters. The quantitative estimate of drug-likeness (QED) is 0.783. The number of hydrogen-bond acceptors (Lipinski definition) is 3. The molecule has 0 amide bonds. The van der Waals surface area contributed by atoms with E-state index in [1.165, 1.54) is 0 Å². The van der Waals surface area contributed by atoms with Crippen LogP contribution >= 0.6 is 11.6 Å². The third-order valence-electron chi connectivity index (χ3n) is 3.41. The number of benzene rings is 2. The first-order valence-electron chi connectivity index (χ1n) is 6.61. The zero-order chi connectivity index (χ0) is 15.0. The number of nitrogens with two attached hydrogens (primary N) is 1. The van der Waals surface area contributed by atoms with E-state index in [1.54, 1.807) is 4.68 Å². The Morgan fingerprint density at radius 1 is 1.10 bits per heavy atom. The molecule has 0 radical (unpaired) electrons. The Hall–Kier alpha value is -2.33. The highest BCUT2D eigenvalue weighted by Crippen LogP contribution is 2.30. The first kappa shape index (κ1) is 13.6. The number of hydrogen-bond donors (Lipinski definition) is 1. The Kier molecular flexibility index (Phi) is 3.39. The second kappa shape index (κ2) is 5.22. The highest BCUT2D eigenvalue weighted by Gasteiger charge is 2.15. The molecule has 0 saturated carbocycles. The summed E-state index contributed by atoms with van der Waals surface area (Å²) in [6.45, 7) is 4.02. The van der Waals surface area contributed by atoms with Gasteiger partial charge >= 0.3 is 0 Å². The molecule has 3 aromatic rings. The lowest BCUT2D eigenvalue weighted by Gasteiger charge is -2.06. The molecule has 21 heavy (non-hydrogen) atoms. The van der Waals surface area contributed by atoms with Gasteiger partial charge in [-0.1, -0.05) is 35.0 Å². The number of nitrogen functional groups attached to an aromatic ring is 1. The van der Waals surface area contributed by atoms with Gasteiger partial charge in [-0.2, -0.15) is 4.68 Å². The van der Waals surface area contributed by atoms with Crippen LogP contribution in [0.2, 0.25) is 5.02 Å². The maximum Gasteiger partial charge on any atom is 0.155 e. The first-order chi connectivity index (χ1) is 10.1. The van der Waals surface area contributed by atoms with Crippen LogP contribution in [0.4, 0.5) is 5.82 Å². The Morgan fingerprint density at radius 2 is 1.90 bits per heavy atom. The summed E-state index contributed by atoms with van der Waals surface area (Å²) in [5.41, 5.74) is 10.9. The number of aromatic nitrogens is 3. The van der Waals surface area contributed by atoms with Crippen molar-refractivity contribution in [3.8, 4) is 16.9 Å². The molecule has 0 aliphatic heterocycles. The van der Waals surface area contributed by atoms with E-state index in [0.29, 0.717) is 16.5 Å². The van der Waals surface area contributed by atoms with Gasteiger partial charge in [0.05, 0.1) is 5.69 Å². The second-order valence-corrected chi connectivity index (χ2v) is 5.47. The van der Waals surface area contributed by atoms with E-state index in [4.69, 9.17) is 17.3 Å². The summed E-state index contributed by atoms with van der Waals surface area (Å²) >= 11 is 6.07. The van der Waals surface area contributed by atoms with Crippen molar-refractivity contribution in [3.63, 3.8) is 0 Å². The average molecular weight is 299 g/mol. The molecule has 2 aromatic carbocycles. The molecule has 0 saturated heterocycles. The third kappa shape index (κ3) is 2.50. The number of aryl methyl sites for hydroxylation is 2. The molecule has 2 N–H and O–H groups in total. The Balaban J connectivity index is 2.13. The third-order valence-corrected chi connectivity index (χ3v) is 3.64. The molecule has 0 spiro atoms. The molecule has 3 rings (SSSR count). The normalized spacial score (nSPS) is 10.8. The van der Waals surface area contributed by atoms with Crippen LogP contribution in [0.1, 0.15) is 11.1 Å². The molecule has 1 heterocycles. The van der Waals surface area contributed by atoms with Crippen LogP contribution in [0.15, 0.2) is 42.5 Å². The van der Waals surface area contributed by atoms with E-state index in [9.17, 15) is 0 Å². The standard InChI is InChI=1S/C16H15ClN4/c1-10-4-3-5-13(8-10)21-16(18)15(19-20-21)14-9-12(17)7-6-11(14)2/h3-9H,18H2,1-2H3. The number of halogens is 1. The van der Waals surface area contributed by atoms with Gasteiger partial charge in [-0.15, -0.1) is 5.10 Å². The largest absolute Gasteiger partial charge is 0.382 e. The molecule has 0 fully saturated rings. The smallest absolute Gasteiger partial charge is 0.155 e. The fourth-order valence-electron chi connectivity index (χ4n) is 2.28. The van der Waals surface area contributed by atoms with Gasteiger partial charge in [0.15, 0.2) is 5.82 Å². The van der Waals surface area contributed by atoms with Crippen LogP contribution in [0, 0.1) is 13.8 Å². The number of nitrogens with zero attached hydrogens (tertiary/aromatic N) is 3. The van der Waals surface area contributed by atoms with E-state index in [0.717, 1.165) is 22.4 Å². The molecule has 1 aromatic heterocycles. The molecular weight excluding hydrogens is 284 g/mol. The summed E-state index contributed by atoms with van der Waals surface area (Å²) < 4.78 is 1.64. The van der Waals surface area contributed by atoms with Crippen molar-refractivity contribution in [1.29, 1.82) is 0 Å². The SMILES string of the molecule is Cc1cccc(-n2nnc(-c3cc(Cl)ccc3C)c2N)c1. The van der Waals surface area contributed by atoms with Crippen LogP contribution in [-0.2, 0) is 0 Å². The number of rotatable bonds is 2. The minimum absolute atomic E-state index is 0.506. The Bertz CT molecular complexity index is 808. The summed E-state index contributed by atoms with van der Waals surface area (Å²) in [4.78, 5) is 0. The van der Waals surface area contributed by atoms with Crippen molar-refractivity contribution in [2.24, 2.45) is 0 Å². The molecule has 0 aliphatic rings. The summed E-state index contributed by atoms with van der Waals surface area (Å²) in [5, 5.41) is 9.05. The van der Waals surface area contributed by atoms with Gasteiger partial charge in [-0.05, 0) is 49.2 Å². The highest BCUT2D eigenvalue weighted by atomic mass is 35.5. The summed E-state index contributed by atoms with van der Waals surface area (Å²) in [6.07, 6.45) is 0. The van der Waals surface area contributed by atoms with Crippen molar-refractivity contribution < 1.29 is 0 Å². The van der Waals surface area contributed by atoms with Crippen LogP contribution in [0.5, 0.6) is 0 Å². The fourth-order valence-corrected chi connectivity index (χ4v) is 2.45. The monoisotopic (exact) mass is 298 g/mol. The van der Waals surface area contributed by atoms with E-state index < -0.39 is 0 Å². The Labute approximate surface area is 128 Å². The van der Waals surface area contributed by atoms with Crippen molar-refractivity contribution in [2.75, 3.05) is 5.73 Å². The van der Waals surface area contributed by atoms with Gasteiger partial charge in [0.1, 0.15) is 5.69 Å². The van der Waals surface area contributed by atoms with Gasteiger partial charge in [0.25, 0.3) is 0 Å². The lowest BCUT2D eigenvalue weighted by molar-refractivity contribution is 0.810. The Morgan fingerprint density at radius 3 is 2.67 bits per heavy atom. The minimum Gasteiger partial charge on any atom is -0.382 e. The van der Waals surface area contributed by atoms with Crippen molar-refractivity contribution in [1.82, 2.24) is 15.0 Å². The molecular formula is C16H15ClN4. The fraction of sp³-hybridized carbons (Fsp3) is 0.125. The zero-order valence-corrected chi connectivity index (χ0v) is 12.6. The van der Waals surface area contributed by atoms with Crippen LogP contribution in [-0.4, -0.2) is 15.0 Å². The lowest BCUT2D eigenvalue weighted by Crippen LogP contribution is -2.02. The lowest BCUT2D eigenvalue weighted by atomic mass is 10.1. The molecule has 5 heteroatoms. The van der Waals surface area contributed by atoms with Crippen LogP contribution in [0.3, 0.4) is 0 Å². The topological polar surface area (TPSA) is 56.7 Å². The average Bonchev–Trinajstić information content (AvgIpc) is 2.83. The minimum atomic E-state index is 0.506. The summed E-state index contributed by atoms with van der Waals surface area (Å²) in [6, 6.07) is 13.6. The molecule has 0 bridgehead atoms. The van der Waals surface area contributed by atoms with Crippen LogP contribution in [0.25, 0.3) is 16.9 Å². The molecule has 106 valence electrons. The zero-order valence-electron chi connectivity index (χ0n) is 11.8. The first-order valence-corrected chi connectivity index (χ1v) is 6.99. The van der Waals surface area contributed by atoms with Gasteiger partial charge in [0.2, 0.25) is 0 Å². The number of anilines is 1. The predicted octanol–water partition coefficient (Wildman–Crippen LogP) is 3.79. The van der Waals surface area contributed by atoms with Gasteiger partial charge in [-0.25, -0.2) is 0 Å². The van der Waals surface area contributed by atoms with Gasteiger partial charge in [-0.3, -0.25) is 0 Å². The van der Waals surface area contributed by atoms with Gasteiger partial charge in [0, 0.05) is 10.6 Å². The van der Waals surface area contributed by atoms with E-state index in [2.05, 4.69) is 10.3 Å². The van der Waals surface area contributed by atoms with Crippen molar-refractivity contribution in [2.45, 2.75) is 13.8 Å². The molecule has 4 nitrogen and oxygen atoms in total. The maximum absolute atomic E-state index is 6.23. The van der Waals surface area contributed by atoms with E-state index >= 15 is 0 Å². The summed E-state index contributed by atoms with van der Waals surface area (Å²) in [7, 11) is 0. The second-order valence-electron chi connectivity index (χ2n) is 5.03. The van der Waals surface area contributed by atoms with Crippen molar-refractivity contribution >= 4 is 17.4 Å². The summed E-state index contributed by atoms with van der Waals surface area (Å²) in [5.74, 6) is 0.506. The maximum atomic E-state index is 6.23. The molecule has 0 atom stereocenters. The predicted molar refractivity (Wildman–Crippen MR) is 85.7 cm³/mol. The van der Waals surface area contributed by atoms with Gasteiger partial charge < -0.3 is 5.73 Å². The highest BCUT2D eigenvalue weighted by molar-refractivity contribution is 6.30. The van der Waals surface area contributed by atoms with E-state index in [1.807, 2.05) is 56.3 Å².